The van der Waals surface area contributed by atoms with Gasteiger partial charge in [-0.25, -0.2) is 0 Å². The molecule has 0 bridgehead atoms. The van der Waals surface area contributed by atoms with E-state index in [-0.39, 0.29) is 18.9 Å². The van der Waals surface area contributed by atoms with Crippen LogP contribution in [0.15, 0.2) is 29.4 Å². The van der Waals surface area contributed by atoms with Gasteiger partial charge in [-0.2, -0.15) is 0 Å². The SMILES string of the molecule is CCO[C@@H]1C(C(=O)NCc2ccc(N=[N+]=[N-])cc2)C[C@@H](OC)[C@@H](O)[C@H]1O. The van der Waals surface area contributed by atoms with Crippen molar-refractivity contribution in [2.45, 2.75) is 44.3 Å². The zero-order valence-corrected chi connectivity index (χ0v) is 14.8. The van der Waals surface area contributed by atoms with Crippen molar-refractivity contribution in [3.05, 3.63) is 40.3 Å². The summed E-state index contributed by atoms with van der Waals surface area (Å²) >= 11 is 0. The Morgan fingerprint density at radius 1 is 1.35 bits per heavy atom. The summed E-state index contributed by atoms with van der Waals surface area (Å²) in [5, 5.41) is 26.7. The van der Waals surface area contributed by atoms with Crippen molar-refractivity contribution in [1.82, 2.24) is 5.32 Å². The Morgan fingerprint density at radius 3 is 2.62 bits per heavy atom. The summed E-state index contributed by atoms with van der Waals surface area (Å²) in [7, 11) is 1.43. The van der Waals surface area contributed by atoms with Gasteiger partial charge in [0.05, 0.1) is 18.1 Å². The van der Waals surface area contributed by atoms with Gasteiger partial charge in [0.25, 0.3) is 0 Å². The van der Waals surface area contributed by atoms with Crippen molar-refractivity contribution in [3.8, 4) is 0 Å². The minimum atomic E-state index is -1.20. The number of carbonyl (C=O) groups excluding carboxylic acids is 1. The lowest BCUT2D eigenvalue weighted by molar-refractivity contribution is -0.185. The lowest BCUT2D eigenvalue weighted by Crippen LogP contribution is -2.58. The Kier molecular flexibility index (Phi) is 7.38. The molecule has 0 aliphatic heterocycles. The van der Waals surface area contributed by atoms with Crippen molar-refractivity contribution < 1.29 is 24.5 Å². The Bertz CT molecular complexity index is 647. The molecule has 9 heteroatoms. The molecule has 1 unspecified atom stereocenters. The van der Waals surface area contributed by atoms with Crippen molar-refractivity contribution in [2.75, 3.05) is 13.7 Å². The second-order valence-corrected chi connectivity index (χ2v) is 6.09. The first kappa shape index (κ1) is 20.2. The largest absolute Gasteiger partial charge is 0.388 e. The molecule has 0 radical (unpaired) electrons. The standard InChI is InChI=1S/C17H24N4O5/c1-3-26-16-12(8-13(25-2)14(22)15(16)23)17(24)19-9-10-4-6-11(7-5-10)20-21-18/h4-7,12-16,22-23H,3,8-9H2,1-2H3,(H,19,24)/t12?,13-,14-,15-,16-/m1/s1. The maximum atomic E-state index is 12.6. The normalized spacial score (nSPS) is 28.2. The Hall–Kier alpha value is -2.16. The van der Waals surface area contributed by atoms with Crippen molar-refractivity contribution in [3.63, 3.8) is 0 Å². The predicted octanol–water partition coefficient (Wildman–Crippen LogP) is 1.41. The van der Waals surface area contributed by atoms with E-state index in [2.05, 4.69) is 15.3 Å². The summed E-state index contributed by atoms with van der Waals surface area (Å²) in [6.45, 7) is 2.36. The Morgan fingerprint density at radius 2 is 2.04 bits per heavy atom. The highest BCUT2D eigenvalue weighted by Crippen LogP contribution is 2.30. The van der Waals surface area contributed by atoms with Gasteiger partial charge in [0.15, 0.2) is 0 Å². The van der Waals surface area contributed by atoms with Crippen LogP contribution in [0.2, 0.25) is 0 Å². The fourth-order valence-corrected chi connectivity index (χ4v) is 3.13. The van der Waals surface area contributed by atoms with Crippen LogP contribution in [-0.2, 0) is 20.8 Å². The van der Waals surface area contributed by atoms with Crippen LogP contribution < -0.4 is 5.32 Å². The highest BCUT2D eigenvalue weighted by Gasteiger charge is 2.47. The minimum absolute atomic E-state index is 0.251. The van der Waals surface area contributed by atoms with Crippen molar-refractivity contribution in [2.24, 2.45) is 11.0 Å². The average Bonchev–Trinajstić information content (AvgIpc) is 2.65. The molecule has 1 amide bonds. The number of azide groups is 1. The number of methoxy groups -OCH3 is 1. The topological polar surface area (TPSA) is 137 Å². The average molecular weight is 364 g/mol. The molecule has 0 aromatic heterocycles. The Balaban J connectivity index is 2.03. The first-order valence-electron chi connectivity index (χ1n) is 8.44. The van der Waals surface area contributed by atoms with Crippen LogP contribution in [0.5, 0.6) is 0 Å². The van der Waals surface area contributed by atoms with Gasteiger partial charge in [0.2, 0.25) is 5.91 Å². The van der Waals surface area contributed by atoms with Gasteiger partial charge in [-0.05, 0) is 24.4 Å². The fourth-order valence-electron chi connectivity index (χ4n) is 3.13. The van der Waals surface area contributed by atoms with E-state index in [1.54, 1.807) is 31.2 Å². The minimum Gasteiger partial charge on any atom is -0.388 e. The fraction of sp³-hybridized carbons (Fsp3) is 0.588. The van der Waals surface area contributed by atoms with Gasteiger partial charge < -0.3 is 25.0 Å². The molecule has 9 nitrogen and oxygen atoms in total. The number of nitrogens with one attached hydrogen (secondary N) is 1. The molecule has 1 fully saturated rings. The molecule has 142 valence electrons. The molecule has 0 heterocycles. The van der Waals surface area contributed by atoms with E-state index < -0.39 is 30.3 Å². The third-order valence-electron chi connectivity index (χ3n) is 4.51. The molecular weight excluding hydrogens is 340 g/mol. The lowest BCUT2D eigenvalue weighted by atomic mass is 9.80. The number of nitrogens with zero attached hydrogens (tertiary/aromatic N) is 3. The number of ether oxygens (including phenoxy) is 2. The van der Waals surface area contributed by atoms with E-state index in [0.29, 0.717) is 12.3 Å². The summed E-state index contributed by atoms with van der Waals surface area (Å²) in [6.07, 6.45) is -3.49. The van der Waals surface area contributed by atoms with Crippen molar-refractivity contribution >= 4 is 11.6 Å². The van der Waals surface area contributed by atoms with Gasteiger partial charge in [-0.1, -0.05) is 29.4 Å². The number of carbonyl (C=O) groups is 1. The van der Waals surface area contributed by atoms with Crippen molar-refractivity contribution in [1.29, 1.82) is 0 Å². The molecule has 5 atom stereocenters. The number of rotatable bonds is 7. The third kappa shape index (κ3) is 4.72. The molecule has 1 aliphatic carbocycles. The van der Waals surface area contributed by atoms with E-state index in [9.17, 15) is 15.0 Å². The van der Waals surface area contributed by atoms with E-state index in [1.807, 2.05) is 0 Å². The molecule has 1 aromatic carbocycles. The molecule has 0 spiro atoms. The number of hydrogen-bond donors (Lipinski definition) is 3. The van der Waals surface area contributed by atoms with Crippen LogP contribution in [0.4, 0.5) is 5.69 Å². The molecule has 3 N–H and O–H groups in total. The summed E-state index contributed by atoms with van der Waals surface area (Å²) < 4.78 is 10.7. The molecule has 1 aliphatic rings. The van der Waals surface area contributed by atoms with Gasteiger partial charge >= 0.3 is 0 Å². The number of benzene rings is 1. The number of amides is 1. The summed E-state index contributed by atoms with van der Waals surface area (Å²) in [5.41, 5.74) is 9.73. The third-order valence-corrected chi connectivity index (χ3v) is 4.51. The van der Waals surface area contributed by atoms with E-state index in [4.69, 9.17) is 15.0 Å². The zero-order valence-electron chi connectivity index (χ0n) is 14.8. The van der Waals surface area contributed by atoms with Gasteiger partial charge in [0.1, 0.15) is 12.2 Å². The number of aliphatic hydroxyl groups is 2. The highest BCUT2D eigenvalue weighted by molar-refractivity contribution is 5.79. The Labute approximate surface area is 151 Å². The van der Waals surface area contributed by atoms with Gasteiger partial charge in [-0.15, -0.1) is 0 Å². The highest BCUT2D eigenvalue weighted by atomic mass is 16.5. The van der Waals surface area contributed by atoms with Gasteiger partial charge in [-0.3, -0.25) is 4.79 Å². The predicted molar refractivity (Wildman–Crippen MR) is 93.4 cm³/mol. The molecule has 0 saturated heterocycles. The molecular formula is C17H24N4O5. The van der Waals surface area contributed by atoms with Gasteiger partial charge in [0, 0.05) is 30.9 Å². The molecule has 1 saturated carbocycles. The monoisotopic (exact) mass is 364 g/mol. The molecule has 1 aromatic rings. The van der Waals surface area contributed by atoms with Crippen LogP contribution in [0.25, 0.3) is 10.4 Å². The van der Waals surface area contributed by atoms with Crippen LogP contribution >= 0.6 is 0 Å². The summed E-state index contributed by atoms with van der Waals surface area (Å²) in [6, 6.07) is 6.82. The maximum absolute atomic E-state index is 12.6. The quantitative estimate of drug-likeness (QED) is 0.382. The second-order valence-electron chi connectivity index (χ2n) is 6.09. The summed E-state index contributed by atoms with van der Waals surface area (Å²) in [4.78, 5) is 15.3. The lowest BCUT2D eigenvalue weighted by Gasteiger charge is -2.41. The second kappa shape index (κ2) is 9.51. The van der Waals surface area contributed by atoms with E-state index in [1.165, 1.54) is 7.11 Å². The summed E-state index contributed by atoms with van der Waals surface area (Å²) in [5.74, 6) is -0.920. The number of aliphatic hydroxyl groups excluding tert-OH is 2. The maximum Gasteiger partial charge on any atom is 0.226 e. The smallest absolute Gasteiger partial charge is 0.226 e. The van der Waals surface area contributed by atoms with Crippen LogP contribution in [0.1, 0.15) is 18.9 Å². The number of hydrogen-bond acceptors (Lipinski definition) is 6. The first-order valence-corrected chi connectivity index (χ1v) is 8.44. The molecule has 26 heavy (non-hydrogen) atoms. The van der Waals surface area contributed by atoms with E-state index in [0.717, 1.165) is 5.56 Å². The first-order chi connectivity index (χ1) is 12.5. The zero-order chi connectivity index (χ0) is 19.1. The van der Waals surface area contributed by atoms with E-state index >= 15 is 0 Å². The van der Waals surface area contributed by atoms with Crippen LogP contribution in [0.3, 0.4) is 0 Å². The molecule has 2 rings (SSSR count). The van der Waals surface area contributed by atoms with Crippen LogP contribution in [-0.4, -0.2) is 54.3 Å². The van der Waals surface area contributed by atoms with Crippen LogP contribution in [0, 0.1) is 5.92 Å².